The first-order valence-electron chi connectivity index (χ1n) is 11.1. The Morgan fingerprint density at radius 1 is 0.629 bits per heavy atom. The van der Waals surface area contributed by atoms with Crippen molar-refractivity contribution in [3.8, 4) is 11.5 Å². The molecule has 0 unspecified atom stereocenters. The van der Waals surface area contributed by atoms with Crippen molar-refractivity contribution >= 4 is 40.3 Å². The van der Waals surface area contributed by atoms with Gasteiger partial charge in [0.25, 0.3) is 5.91 Å². The van der Waals surface area contributed by atoms with Gasteiger partial charge in [0, 0.05) is 22.6 Å². The maximum Gasteiger partial charge on any atom is 0.257 e. The van der Waals surface area contributed by atoms with E-state index >= 15 is 0 Å². The van der Waals surface area contributed by atoms with E-state index in [1.165, 1.54) is 0 Å². The van der Waals surface area contributed by atoms with Gasteiger partial charge in [0.15, 0.2) is 5.11 Å². The third-order valence-corrected chi connectivity index (χ3v) is 5.12. The number of carbonyl (C=O) groups is 1. The molecule has 4 aromatic carbocycles. The van der Waals surface area contributed by atoms with Crippen molar-refractivity contribution in [2.75, 3.05) is 23.8 Å². The van der Waals surface area contributed by atoms with Gasteiger partial charge in [-0.2, -0.15) is 0 Å². The Morgan fingerprint density at radius 3 is 1.77 bits per heavy atom. The van der Waals surface area contributed by atoms with Gasteiger partial charge in [-0.05, 0) is 85.0 Å². The summed E-state index contributed by atoms with van der Waals surface area (Å²) in [5.41, 5.74) is 3.21. The van der Waals surface area contributed by atoms with Crippen LogP contribution in [0.25, 0.3) is 0 Å². The van der Waals surface area contributed by atoms with E-state index in [0.717, 1.165) is 22.8 Å². The van der Waals surface area contributed by atoms with Gasteiger partial charge in [0.05, 0.1) is 0 Å². The summed E-state index contributed by atoms with van der Waals surface area (Å²) in [5, 5.41) is 9.26. The predicted octanol–water partition coefficient (Wildman–Crippen LogP) is 6.01. The van der Waals surface area contributed by atoms with Gasteiger partial charge in [-0.25, -0.2) is 0 Å². The van der Waals surface area contributed by atoms with Crippen LogP contribution in [0, 0.1) is 0 Å². The van der Waals surface area contributed by atoms with E-state index in [1.54, 1.807) is 24.3 Å². The highest BCUT2D eigenvalue weighted by Gasteiger charge is 2.08. The van der Waals surface area contributed by atoms with Crippen LogP contribution >= 0.6 is 12.2 Å². The standard InChI is InChI=1S/C28H25N3O3S/c32-27(21-11-17-26(18-12-21)34-20-19-33-25-9-5-2-6-10-25)31-28(35)30-24-15-13-23(14-16-24)29-22-7-3-1-4-8-22/h1-18,29H,19-20H2,(H2,30,31,32,35). The monoisotopic (exact) mass is 483 g/mol. The fraction of sp³-hybridized carbons (Fsp3) is 0.0714. The summed E-state index contributed by atoms with van der Waals surface area (Å²) in [6, 6.07) is 34.0. The van der Waals surface area contributed by atoms with Crippen molar-refractivity contribution in [1.82, 2.24) is 5.32 Å². The molecule has 0 aromatic heterocycles. The Labute approximate surface area is 209 Å². The molecule has 6 nitrogen and oxygen atoms in total. The average molecular weight is 484 g/mol. The van der Waals surface area contributed by atoms with E-state index in [1.807, 2.05) is 84.9 Å². The number of nitrogens with one attached hydrogen (secondary N) is 3. The number of thiocarbonyl (C=S) groups is 1. The van der Waals surface area contributed by atoms with E-state index in [0.29, 0.717) is 24.5 Å². The zero-order chi connectivity index (χ0) is 24.3. The first kappa shape index (κ1) is 23.8. The summed E-state index contributed by atoms with van der Waals surface area (Å²) in [5.74, 6) is 1.15. The minimum atomic E-state index is -0.302. The SMILES string of the molecule is O=C(NC(=S)Nc1ccc(Nc2ccccc2)cc1)c1ccc(OCCOc2ccccc2)cc1. The lowest BCUT2D eigenvalue weighted by atomic mass is 10.2. The van der Waals surface area contributed by atoms with Crippen molar-refractivity contribution in [3.05, 3.63) is 115 Å². The summed E-state index contributed by atoms with van der Waals surface area (Å²) >= 11 is 5.29. The molecule has 0 aliphatic heterocycles. The lowest BCUT2D eigenvalue weighted by Gasteiger charge is -2.12. The number of ether oxygens (including phenoxy) is 2. The number of para-hydroxylation sites is 2. The average Bonchev–Trinajstić information content (AvgIpc) is 2.89. The molecule has 0 radical (unpaired) electrons. The molecule has 7 heteroatoms. The molecule has 0 fully saturated rings. The number of rotatable bonds is 9. The van der Waals surface area contributed by atoms with Crippen LogP contribution in [0.15, 0.2) is 109 Å². The predicted molar refractivity (Wildman–Crippen MR) is 144 cm³/mol. The van der Waals surface area contributed by atoms with E-state index in [9.17, 15) is 4.79 Å². The van der Waals surface area contributed by atoms with Crippen molar-refractivity contribution in [1.29, 1.82) is 0 Å². The minimum absolute atomic E-state index is 0.220. The molecule has 0 heterocycles. The summed E-state index contributed by atoms with van der Waals surface area (Å²) in [4.78, 5) is 12.5. The summed E-state index contributed by atoms with van der Waals surface area (Å²) in [6.07, 6.45) is 0. The van der Waals surface area contributed by atoms with Crippen LogP contribution in [0.4, 0.5) is 17.1 Å². The molecule has 0 bridgehead atoms. The molecule has 0 aliphatic rings. The molecule has 1 amide bonds. The summed E-state index contributed by atoms with van der Waals surface area (Å²) in [6.45, 7) is 0.823. The van der Waals surface area contributed by atoms with E-state index in [4.69, 9.17) is 21.7 Å². The number of hydrogen-bond donors (Lipinski definition) is 3. The van der Waals surface area contributed by atoms with Gasteiger partial charge in [-0.3, -0.25) is 10.1 Å². The zero-order valence-electron chi connectivity index (χ0n) is 18.9. The third kappa shape index (κ3) is 7.58. The maximum absolute atomic E-state index is 12.5. The van der Waals surface area contributed by atoms with Crippen molar-refractivity contribution in [2.24, 2.45) is 0 Å². The second-order valence-corrected chi connectivity index (χ2v) is 7.92. The van der Waals surface area contributed by atoms with Crippen molar-refractivity contribution < 1.29 is 14.3 Å². The lowest BCUT2D eigenvalue weighted by Crippen LogP contribution is -2.34. The van der Waals surface area contributed by atoms with E-state index in [-0.39, 0.29) is 11.0 Å². The van der Waals surface area contributed by atoms with Gasteiger partial charge >= 0.3 is 0 Å². The number of anilines is 3. The summed E-state index contributed by atoms with van der Waals surface area (Å²) < 4.78 is 11.3. The molecule has 176 valence electrons. The van der Waals surface area contributed by atoms with Crippen LogP contribution in [-0.2, 0) is 0 Å². The molecule has 4 aromatic rings. The topological polar surface area (TPSA) is 71.6 Å². The Hall–Kier alpha value is -4.36. The van der Waals surface area contributed by atoms with Crippen LogP contribution < -0.4 is 25.4 Å². The number of hydrogen-bond acceptors (Lipinski definition) is 5. The minimum Gasteiger partial charge on any atom is -0.490 e. The van der Waals surface area contributed by atoms with E-state index < -0.39 is 0 Å². The Bertz CT molecular complexity index is 1230. The molecular formula is C28H25N3O3S. The molecule has 0 spiro atoms. The number of benzene rings is 4. The van der Waals surface area contributed by atoms with Crippen molar-refractivity contribution in [3.63, 3.8) is 0 Å². The van der Waals surface area contributed by atoms with Crippen LogP contribution in [0.1, 0.15) is 10.4 Å². The fourth-order valence-corrected chi connectivity index (χ4v) is 3.41. The first-order chi connectivity index (χ1) is 17.2. The smallest absolute Gasteiger partial charge is 0.257 e. The highest BCUT2D eigenvalue weighted by molar-refractivity contribution is 7.80. The van der Waals surface area contributed by atoms with Gasteiger partial charge < -0.3 is 20.1 Å². The second kappa shape index (κ2) is 12.2. The largest absolute Gasteiger partial charge is 0.490 e. The fourth-order valence-electron chi connectivity index (χ4n) is 3.20. The van der Waals surface area contributed by atoms with E-state index in [2.05, 4.69) is 16.0 Å². The Morgan fingerprint density at radius 2 is 1.14 bits per heavy atom. The third-order valence-electron chi connectivity index (χ3n) is 4.91. The summed E-state index contributed by atoms with van der Waals surface area (Å²) in [7, 11) is 0. The molecule has 0 saturated carbocycles. The van der Waals surface area contributed by atoms with Gasteiger partial charge in [0.1, 0.15) is 24.7 Å². The Balaban J connectivity index is 1.20. The van der Waals surface area contributed by atoms with Crippen LogP contribution in [0.3, 0.4) is 0 Å². The molecule has 3 N–H and O–H groups in total. The lowest BCUT2D eigenvalue weighted by molar-refractivity contribution is 0.0977. The highest BCUT2D eigenvalue weighted by Crippen LogP contribution is 2.19. The van der Waals surface area contributed by atoms with Crippen LogP contribution in [0.2, 0.25) is 0 Å². The van der Waals surface area contributed by atoms with Crippen molar-refractivity contribution in [2.45, 2.75) is 0 Å². The molecule has 35 heavy (non-hydrogen) atoms. The second-order valence-electron chi connectivity index (χ2n) is 7.51. The van der Waals surface area contributed by atoms with Crippen LogP contribution in [-0.4, -0.2) is 24.2 Å². The Kier molecular flexibility index (Phi) is 8.29. The normalized spacial score (nSPS) is 10.2. The molecule has 0 aliphatic carbocycles. The first-order valence-corrected chi connectivity index (χ1v) is 11.5. The van der Waals surface area contributed by atoms with Gasteiger partial charge in [-0.15, -0.1) is 0 Å². The molecule has 4 rings (SSSR count). The highest BCUT2D eigenvalue weighted by atomic mass is 32.1. The zero-order valence-corrected chi connectivity index (χ0v) is 19.8. The van der Waals surface area contributed by atoms with Crippen LogP contribution in [0.5, 0.6) is 11.5 Å². The molecular weight excluding hydrogens is 458 g/mol. The molecule has 0 atom stereocenters. The van der Waals surface area contributed by atoms with Gasteiger partial charge in [-0.1, -0.05) is 36.4 Å². The maximum atomic E-state index is 12.5. The number of carbonyl (C=O) groups excluding carboxylic acids is 1. The quantitative estimate of drug-likeness (QED) is 0.200. The molecule has 0 saturated heterocycles. The number of amides is 1. The van der Waals surface area contributed by atoms with Gasteiger partial charge in [0.2, 0.25) is 0 Å².